The molecule has 0 radical (unpaired) electrons. The van der Waals surface area contributed by atoms with Gasteiger partial charge >= 0.3 is 0 Å². The van der Waals surface area contributed by atoms with Crippen LogP contribution in [-0.2, 0) is 9.47 Å². The summed E-state index contributed by atoms with van der Waals surface area (Å²) < 4.78 is 14.9. The van der Waals surface area contributed by atoms with Gasteiger partial charge < -0.3 is 19.3 Å². The third kappa shape index (κ3) is 5.22. The quantitative estimate of drug-likeness (QED) is 0.683. The summed E-state index contributed by atoms with van der Waals surface area (Å²) in [6.45, 7) is 8.09. The third-order valence-electron chi connectivity index (χ3n) is 5.38. The van der Waals surface area contributed by atoms with E-state index in [1.54, 1.807) is 7.11 Å². The molecule has 0 aliphatic carbocycles. The minimum absolute atomic E-state index is 0.0646. The molecule has 8 heteroatoms. The van der Waals surface area contributed by atoms with Crippen molar-refractivity contribution >= 4 is 17.4 Å². The molecule has 3 rings (SSSR count). The summed E-state index contributed by atoms with van der Waals surface area (Å²) >= 11 is 1.20. The summed E-state index contributed by atoms with van der Waals surface area (Å²) in [5.74, 6) is 0.607. The van der Waals surface area contributed by atoms with Crippen LogP contribution < -0.4 is 0 Å². The van der Waals surface area contributed by atoms with Gasteiger partial charge in [0.25, 0.3) is 5.91 Å². The highest BCUT2D eigenvalue weighted by molar-refractivity contribution is 7.07. The van der Waals surface area contributed by atoms with E-state index in [2.05, 4.69) is 14.5 Å². The van der Waals surface area contributed by atoms with E-state index >= 15 is 0 Å². The predicted molar refractivity (Wildman–Crippen MR) is 101 cm³/mol. The molecule has 0 spiro atoms. The van der Waals surface area contributed by atoms with Gasteiger partial charge in [-0.2, -0.15) is 0 Å². The van der Waals surface area contributed by atoms with Gasteiger partial charge in [0, 0.05) is 33.4 Å². The number of hydrogen-bond donors (Lipinski definition) is 0. The van der Waals surface area contributed by atoms with E-state index in [9.17, 15) is 4.79 Å². The molecule has 2 fully saturated rings. The number of likely N-dealkylation sites (tertiary alicyclic amines) is 1. The molecule has 0 aromatic carbocycles. The van der Waals surface area contributed by atoms with Crippen molar-refractivity contribution in [1.29, 1.82) is 0 Å². The Kier molecular flexibility index (Phi) is 7.36. The number of carbonyl (C=O) groups is 1. The summed E-state index contributed by atoms with van der Waals surface area (Å²) in [5.41, 5.74) is 0.728. The van der Waals surface area contributed by atoms with Crippen LogP contribution in [0.25, 0.3) is 0 Å². The van der Waals surface area contributed by atoms with Crippen LogP contribution in [0.4, 0.5) is 0 Å². The second-order valence-electron chi connectivity index (χ2n) is 7.31. The first kappa shape index (κ1) is 19.7. The van der Waals surface area contributed by atoms with E-state index in [1.807, 2.05) is 11.8 Å². The maximum absolute atomic E-state index is 13.1. The molecule has 1 aromatic rings. The van der Waals surface area contributed by atoms with Crippen LogP contribution >= 0.6 is 11.5 Å². The zero-order chi connectivity index (χ0) is 18.4. The topological polar surface area (TPSA) is 67.8 Å². The Morgan fingerprint density at radius 3 is 2.77 bits per heavy atom. The number of ether oxygens (including phenoxy) is 2. The molecule has 146 valence electrons. The third-order valence-corrected chi connectivity index (χ3v) is 6.19. The summed E-state index contributed by atoms with van der Waals surface area (Å²) in [4.78, 5) is 18.2. The summed E-state index contributed by atoms with van der Waals surface area (Å²) in [6.07, 6.45) is 4.55. The average molecular weight is 383 g/mol. The van der Waals surface area contributed by atoms with Gasteiger partial charge in [-0.15, -0.1) is 5.10 Å². The van der Waals surface area contributed by atoms with Crippen molar-refractivity contribution in [3.63, 3.8) is 0 Å². The van der Waals surface area contributed by atoms with Crippen molar-refractivity contribution < 1.29 is 14.3 Å². The molecule has 7 nitrogen and oxygen atoms in total. The van der Waals surface area contributed by atoms with Crippen molar-refractivity contribution in [2.75, 3.05) is 53.0 Å². The van der Waals surface area contributed by atoms with Gasteiger partial charge in [-0.05, 0) is 63.1 Å². The minimum Gasteiger partial charge on any atom is -0.383 e. The molecule has 1 unspecified atom stereocenters. The van der Waals surface area contributed by atoms with Crippen molar-refractivity contribution in [3.8, 4) is 0 Å². The maximum atomic E-state index is 13.1. The van der Waals surface area contributed by atoms with Crippen LogP contribution in [0.15, 0.2) is 0 Å². The molecule has 0 bridgehead atoms. The van der Waals surface area contributed by atoms with Crippen LogP contribution in [0.5, 0.6) is 0 Å². The number of carbonyl (C=O) groups excluding carboxylic acids is 1. The largest absolute Gasteiger partial charge is 0.383 e. The Balaban J connectivity index is 1.59. The highest BCUT2D eigenvalue weighted by atomic mass is 32.1. The van der Waals surface area contributed by atoms with E-state index in [4.69, 9.17) is 9.47 Å². The zero-order valence-electron chi connectivity index (χ0n) is 15.9. The Morgan fingerprint density at radius 1 is 1.35 bits per heavy atom. The Labute approximate surface area is 159 Å². The second-order valence-corrected chi connectivity index (χ2v) is 8.06. The minimum atomic E-state index is 0.0646. The van der Waals surface area contributed by atoms with E-state index in [0.717, 1.165) is 70.8 Å². The van der Waals surface area contributed by atoms with Gasteiger partial charge in [0.15, 0.2) is 0 Å². The lowest BCUT2D eigenvalue weighted by atomic mass is 9.96. The Hall–Kier alpha value is -1.09. The number of aromatic nitrogens is 2. The lowest BCUT2D eigenvalue weighted by Gasteiger charge is -2.35. The van der Waals surface area contributed by atoms with Crippen LogP contribution in [-0.4, -0.2) is 84.4 Å². The lowest BCUT2D eigenvalue weighted by Crippen LogP contribution is -2.44. The molecular weight excluding hydrogens is 352 g/mol. The van der Waals surface area contributed by atoms with Crippen LogP contribution in [0, 0.1) is 12.8 Å². The molecular formula is C18H30N4O3S. The van der Waals surface area contributed by atoms with Crippen LogP contribution in [0.2, 0.25) is 0 Å². The highest BCUT2D eigenvalue weighted by Gasteiger charge is 2.29. The SMILES string of the molecule is COCCN1CCC(CN(CC2CCCO2)C(=O)c2snnc2C)CC1. The molecule has 2 aliphatic rings. The predicted octanol–water partition coefficient (Wildman–Crippen LogP) is 1.83. The number of rotatable bonds is 8. The lowest BCUT2D eigenvalue weighted by molar-refractivity contribution is 0.0439. The van der Waals surface area contributed by atoms with Gasteiger partial charge in [-0.3, -0.25) is 4.79 Å². The van der Waals surface area contributed by atoms with Gasteiger partial charge in [0.1, 0.15) is 4.88 Å². The fourth-order valence-electron chi connectivity index (χ4n) is 3.77. The molecule has 2 saturated heterocycles. The molecule has 1 atom stereocenters. The summed E-state index contributed by atoms with van der Waals surface area (Å²) in [5, 5.41) is 4.01. The van der Waals surface area contributed by atoms with Gasteiger partial charge in [-0.1, -0.05) is 4.49 Å². The van der Waals surface area contributed by atoms with E-state index in [1.165, 1.54) is 11.5 Å². The normalized spacial score (nSPS) is 22.0. The second kappa shape index (κ2) is 9.73. The summed E-state index contributed by atoms with van der Waals surface area (Å²) in [7, 11) is 1.75. The number of nitrogens with zero attached hydrogens (tertiary/aromatic N) is 4. The van der Waals surface area contributed by atoms with Crippen molar-refractivity contribution in [2.24, 2.45) is 5.92 Å². The van der Waals surface area contributed by atoms with Crippen LogP contribution in [0.3, 0.4) is 0 Å². The Bertz CT molecular complexity index is 569. The first-order chi connectivity index (χ1) is 12.7. The Morgan fingerprint density at radius 2 is 2.15 bits per heavy atom. The van der Waals surface area contributed by atoms with Crippen molar-refractivity contribution in [1.82, 2.24) is 19.4 Å². The zero-order valence-corrected chi connectivity index (χ0v) is 16.7. The van der Waals surface area contributed by atoms with E-state index in [-0.39, 0.29) is 12.0 Å². The van der Waals surface area contributed by atoms with Crippen LogP contribution in [0.1, 0.15) is 41.0 Å². The maximum Gasteiger partial charge on any atom is 0.267 e. The standard InChI is InChI=1S/C18H30N4O3S/c1-14-17(26-20-19-14)18(23)22(13-16-4-3-10-25-16)12-15-5-7-21(8-6-15)9-11-24-2/h15-16H,3-13H2,1-2H3. The number of methoxy groups -OCH3 is 1. The van der Waals surface area contributed by atoms with Gasteiger partial charge in [0.2, 0.25) is 0 Å². The molecule has 1 aromatic heterocycles. The van der Waals surface area contributed by atoms with Crippen molar-refractivity contribution in [3.05, 3.63) is 10.6 Å². The first-order valence-electron chi connectivity index (χ1n) is 9.58. The number of piperidine rings is 1. The fourth-order valence-corrected chi connectivity index (χ4v) is 4.40. The first-order valence-corrected chi connectivity index (χ1v) is 10.4. The van der Waals surface area contributed by atoms with Gasteiger partial charge in [-0.25, -0.2) is 0 Å². The smallest absolute Gasteiger partial charge is 0.267 e. The molecule has 26 heavy (non-hydrogen) atoms. The van der Waals surface area contributed by atoms with E-state index in [0.29, 0.717) is 17.3 Å². The number of hydrogen-bond acceptors (Lipinski definition) is 7. The summed E-state index contributed by atoms with van der Waals surface area (Å²) in [6, 6.07) is 0. The molecule has 0 saturated carbocycles. The highest BCUT2D eigenvalue weighted by Crippen LogP contribution is 2.23. The monoisotopic (exact) mass is 382 g/mol. The number of aryl methyl sites for hydroxylation is 1. The molecule has 3 heterocycles. The molecule has 1 amide bonds. The average Bonchev–Trinajstić information content (AvgIpc) is 3.31. The number of amides is 1. The molecule has 2 aliphatic heterocycles. The van der Waals surface area contributed by atoms with Gasteiger partial charge in [0.05, 0.1) is 18.4 Å². The van der Waals surface area contributed by atoms with Crippen molar-refractivity contribution in [2.45, 2.75) is 38.7 Å². The fraction of sp³-hybridized carbons (Fsp3) is 0.833. The van der Waals surface area contributed by atoms with E-state index < -0.39 is 0 Å². The molecule has 0 N–H and O–H groups in total.